The van der Waals surface area contributed by atoms with E-state index in [1.807, 2.05) is 57.2 Å². The van der Waals surface area contributed by atoms with E-state index in [9.17, 15) is 14.7 Å². The molecular formula is C28H40NO8Si-. The van der Waals surface area contributed by atoms with Crippen LogP contribution in [-0.4, -0.2) is 60.4 Å². The zero-order valence-corrected chi connectivity index (χ0v) is 23.7. The minimum atomic E-state index is -2.69. The Hall–Kier alpha value is -2.92. The molecule has 0 aliphatic rings. The quantitative estimate of drug-likeness (QED) is 0.157. The van der Waals surface area contributed by atoms with Crippen LogP contribution in [0, 0.1) is 0 Å². The molecule has 0 aromatic heterocycles. The van der Waals surface area contributed by atoms with Crippen LogP contribution in [0.5, 0.6) is 5.75 Å². The minimum Gasteiger partial charge on any atom is -0.545 e. The number of hydrogen-bond donors (Lipinski definition) is 1. The number of aliphatic carboxylic acids is 1. The fraction of sp³-hybridized carbons (Fsp3) is 0.500. The summed E-state index contributed by atoms with van der Waals surface area (Å²) in [5.41, 5.74) is 0.784. The Morgan fingerprint density at radius 1 is 0.868 bits per heavy atom. The Balaban J connectivity index is 1.65. The average molecular weight is 547 g/mol. The predicted octanol–water partition coefficient (Wildman–Crippen LogP) is 4.32. The van der Waals surface area contributed by atoms with E-state index in [-0.39, 0.29) is 0 Å². The highest BCUT2D eigenvalue weighted by molar-refractivity contribution is 6.60. The largest absolute Gasteiger partial charge is 0.545 e. The topological polar surface area (TPSA) is 115 Å². The molecule has 0 unspecified atom stereocenters. The number of unbranched alkanes of at least 4 members (excludes halogenated alkanes) is 2. The van der Waals surface area contributed by atoms with Crippen molar-refractivity contribution in [3.63, 3.8) is 0 Å². The van der Waals surface area contributed by atoms with Crippen molar-refractivity contribution in [2.24, 2.45) is 0 Å². The van der Waals surface area contributed by atoms with Gasteiger partial charge in [-0.15, -0.1) is 0 Å². The first-order chi connectivity index (χ1) is 18.4. The predicted molar refractivity (Wildman–Crippen MR) is 147 cm³/mol. The molecule has 0 aliphatic carbocycles. The monoisotopic (exact) mass is 546 g/mol. The molecule has 0 spiro atoms. The van der Waals surface area contributed by atoms with Gasteiger partial charge < -0.3 is 38.0 Å². The number of carboxylic acids is 1. The summed E-state index contributed by atoms with van der Waals surface area (Å²) in [5, 5.41) is 15.3. The second kappa shape index (κ2) is 17.6. The molecule has 0 saturated heterocycles. The van der Waals surface area contributed by atoms with E-state index in [0.717, 1.165) is 47.4 Å². The number of carboxylic acid groups (broad SMARTS) is 1. The lowest BCUT2D eigenvalue weighted by Crippen LogP contribution is -2.46. The fourth-order valence-corrected chi connectivity index (χ4v) is 6.61. The number of nitrogens with one attached hydrogen (secondary N) is 1. The van der Waals surface area contributed by atoms with Crippen molar-refractivity contribution in [1.29, 1.82) is 0 Å². The van der Waals surface area contributed by atoms with Gasteiger partial charge in [-0.05, 0) is 69.5 Å². The molecule has 0 radical (unpaired) electrons. The second-order valence-corrected chi connectivity index (χ2v) is 11.1. The highest BCUT2D eigenvalue weighted by atomic mass is 28.4. The van der Waals surface area contributed by atoms with E-state index in [0.29, 0.717) is 52.0 Å². The zero-order chi connectivity index (χ0) is 27.6. The first-order valence-corrected chi connectivity index (χ1v) is 15.2. The molecule has 2 aromatic carbocycles. The van der Waals surface area contributed by atoms with Crippen LogP contribution in [0.4, 0.5) is 4.79 Å². The van der Waals surface area contributed by atoms with Crippen LogP contribution in [0.3, 0.4) is 0 Å². The molecule has 9 nitrogen and oxygen atoms in total. The van der Waals surface area contributed by atoms with Gasteiger partial charge in [0.05, 0.1) is 19.2 Å². The van der Waals surface area contributed by atoms with Crippen molar-refractivity contribution in [2.45, 2.75) is 52.5 Å². The second-order valence-electron chi connectivity index (χ2n) is 8.41. The number of fused-ring (bicyclic) bond motifs is 1. The summed E-state index contributed by atoms with van der Waals surface area (Å²) in [6.07, 6.45) is 5.19. The van der Waals surface area contributed by atoms with E-state index >= 15 is 0 Å². The van der Waals surface area contributed by atoms with Crippen LogP contribution in [0.1, 0.15) is 52.0 Å². The molecule has 210 valence electrons. The van der Waals surface area contributed by atoms with E-state index in [4.69, 9.17) is 22.8 Å². The van der Waals surface area contributed by atoms with E-state index in [1.54, 1.807) is 0 Å². The first-order valence-electron chi connectivity index (χ1n) is 13.3. The fourth-order valence-electron chi connectivity index (χ4n) is 4.00. The van der Waals surface area contributed by atoms with Gasteiger partial charge in [0.2, 0.25) is 0 Å². The Bertz CT molecular complexity index is 1010. The summed E-state index contributed by atoms with van der Waals surface area (Å²) in [6, 6.07) is 12.0. The third kappa shape index (κ3) is 10.8. The highest BCUT2D eigenvalue weighted by Gasteiger charge is 2.39. The molecule has 0 heterocycles. The number of rotatable bonds is 19. The van der Waals surface area contributed by atoms with Gasteiger partial charge in [0.1, 0.15) is 5.75 Å². The number of carbonyl (C=O) groups excluding carboxylic acids is 2. The van der Waals surface area contributed by atoms with Gasteiger partial charge >= 0.3 is 14.9 Å². The summed E-state index contributed by atoms with van der Waals surface area (Å²) < 4.78 is 28.7. The number of alkyl carbamates (subject to hydrolysis) is 1. The van der Waals surface area contributed by atoms with Crippen molar-refractivity contribution in [1.82, 2.24) is 5.32 Å². The maximum atomic E-state index is 12.0. The Morgan fingerprint density at radius 2 is 1.53 bits per heavy atom. The van der Waals surface area contributed by atoms with Crippen molar-refractivity contribution >= 4 is 37.7 Å². The molecular weight excluding hydrogens is 506 g/mol. The standard InChI is InChI=1S/C28H41NO8Si/c1-4-35-38(36-5-2,37-6-3)22-12-19-29-28(32)34-21-11-7-10-20-33-26-17-15-23(16-18-27(30)31)24-13-8-9-14-25(24)26/h8-9,13-18H,4-7,10-12,19-22H2,1-3H3,(H,29,32)(H,30,31)/p-1/b18-16+. The summed E-state index contributed by atoms with van der Waals surface area (Å²) in [4.78, 5) is 22.7. The van der Waals surface area contributed by atoms with Crippen LogP contribution in [0.2, 0.25) is 6.04 Å². The van der Waals surface area contributed by atoms with Gasteiger partial charge in [0, 0.05) is 37.8 Å². The molecule has 0 saturated carbocycles. The van der Waals surface area contributed by atoms with Crippen molar-refractivity contribution in [3.05, 3.63) is 48.0 Å². The Kier molecular flexibility index (Phi) is 14.5. The van der Waals surface area contributed by atoms with Crippen LogP contribution in [0.15, 0.2) is 42.5 Å². The number of benzene rings is 2. The lowest BCUT2D eigenvalue weighted by Gasteiger charge is -2.28. The molecule has 1 N–H and O–H groups in total. The Morgan fingerprint density at radius 3 is 2.18 bits per heavy atom. The molecule has 0 atom stereocenters. The van der Waals surface area contributed by atoms with Crippen LogP contribution in [-0.2, 0) is 22.8 Å². The summed E-state index contributed by atoms with van der Waals surface area (Å²) in [5.74, 6) is -0.493. The van der Waals surface area contributed by atoms with Gasteiger partial charge in [-0.1, -0.05) is 36.4 Å². The summed E-state index contributed by atoms with van der Waals surface area (Å²) in [6.45, 7) is 8.67. The van der Waals surface area contributed by atoms with Crippen LogP contribution < -0.4 is 15.2 Å². The molecule has 2 rings (SSSR count). The SMILES string of the molecule is CCO[Si](CCCNC(=O)OCCCCCOc1ccc(/C=C/C(=O)[O-])c2ccccc12)(OCC)OCC. The van der Waals surface area contributed by atoms with Crippen LogP contribution in [0.25, 0.3) is 16.8 Å². The van der Waals surface area contributed by atoms with E-state index in [1.165, 1.54) is 6.08 Å². The molecule has 0 bridgehead atoms. The van der Waals surface area contributed by atoms with E-state index in [2.05, 4.69) is 5.32 Å². The van der Waals surface area contributed by atoms with Crippen molar-refractivity contribution in [2.75, 3.05) is 39.6 Å². The zero-order valence-electron chi connectivity index (χ0n) is 22.7. The molecule has 2 aromatic rings. The molecule has 0 fully saturated rings. The smallest absolute Gasteiger partial charge is 0.500 e. The number of hydrogen-bond acceptors (Lipinski definition) is 8. The van der Waals surface area contributed by atoms with Gasteiger partial charge in [0.25, 0.3) is 0 Å². The molecule has 1 amide bonds. The van der Waals surface area contributed by atoms with Gasteiger partial charge in [-0.2, -0.15) is 0 Å². The van der Waals surface area contributed by atoms with Gasteiger partial charge in [-0.25, -0.2) is 4.79 Å². The van der Waals surface area contributed by atoms with Gasteiger partial charge in [0.15, 0.2) is 0 Å². The van der Waals surface area contributed by atoms with Crippen molar-refractivity contribution in [3.8, 4) is 5.75 Å². The third-order valence-electron chi connectivity index (χ3n) is 5.62. The maximum absolute atomic E-state index is 12.0. The number of carbonyl (C=O) groups is 2. The summed E-state index contributed by atoms with van der Waals surface area (Å²) in [7, 11) is -2.69. The van der Waals surface area contributed by atoms with E-state index < -0.39 is 20.9 Å². The molecule has 0 aliphatic heterocycles. The maximum Gasteiger partial charge on any atom is 0.500 e. The number of amides is 1. The first kappa shape index (κ1) is 31.3. The number of ether oxygens (including phenoxy) is 2. The molecule has 10 heteroatoms. The molecule has 38 heavy (non-hydrogen) atoms. The average Bonchev–Trinajstić information content (AvgIpc) is 2.90. The highest BCUT2D eigenvalue weighted by Crippen LogP contribution is 2.29. The Labute approximate surface area is 226 Å². The summed E-state index contributed by atoms with van der Waals surface area (Å²) >= 11 is 0. The normalized spacial score (nSPS) is 11.7. The van der Waals surface area contributed by atoms with Crippen molar-refractivity contribution < 1.29 is 37.4 Å². The van der Waals surface area contributed by atoms with Gasteiger partial charge in [-0.3, -0.25) is 0 Å². The lowest BCUT2D eigenvalue weighted by atomic mass is 10.0. The third-order valence-corrected chi connectivity index (χ3v) is 8.77. The lowest BCUT2D eigenvalue weighted by molar-refractivity contribution is -0.297. The minimum absolute atomic E-state index is 0.337. The van der Waals surface area contributed by atoms with Crippen LogP contribution >= 0.6 is 0 Å².